The number of aliphatic hydroxyl groups is 1. The molecule has 0 spiro atoms. The third kappa shape index (κ3) is 4.00. The average Bonchev–Trinajstić information content (AvgIpc) is 2.88. The normalized spacial score (nSPS) is 15.7. The van der Waals surface area contributed by atoms with E-state index in [2.05, 4.69) is 0 Å². The van der Waals surface area contributed by atoms with Gasteiger partial charge < -0.3 is 9.84 Å². The molecule has 4 nitrogen and oxygen atoms in total. The van der Waals surface area contributed by atoms with Gasteiger partial charge in [0.15, 0.2) is 5.78 Å². The van der Waals surface area contributed by atoms with Gasteiger partial charge in [0.2, 0.25) is 5.12 Å². The van der Waals surface area contributed by atoms with Crippen molar-refractivity contribution in [2.75, 3.05) is 0 Å². The van der Waals surface area contributed by atoms with Crippen LogP contribution < -0.4 is 4.74 Å². The van der Waals surface area contributed by atoms with Gasteiger partial charge in [-0.15, -0.1) is 0 Å². The Morgan fingerprint density at radius 1 is 1.16 bits per heavy atom. The number of aliphatic hydroxyl groups excluding tert-OH is 1. The Morgan fingerprint density at radius 2 is 1.92 bits per heavy atom. The van der Waals surface area contributed by atoms with Gasteiger partial charge in [-0.2, -0.15) is 0 Å². The van der Waals surface area contributed by atoms with Crippen molar-refractivity contribution in [3.63, 3.8) is 0 Å². The van der Waals surface area contributed by atoms with E-state index in [4.69, 9.17) is 4.74 Å². The number of rotatable bonds is 5. The summed E-state index contributed by atoms with van der Waals surface area (Å²) >= 11 is 0.857. The zero-order valence-corrected chi connectivity index (χ0v) is 14.4. The van der Waals surface area contributed by atoms with Gasteiger partial charge in [0.25, 0.3) is 0 Å². The molecule has 126 valence electrons. The molecule has 0 fully saturated rings. The van der Waals surface area contributed by atoms with Crippen LogP contribution in [0, 0.1) is 0 Å². The van der Waals surface area contributed by atoms with E-state index in [1.54, 1.807) is 6.08 Å². The molecule has 5 heteroatoms. The number of hydrogen-bond donors (Lipinski definition) is 1. The first-order chi connectivity index (χ1) is 12.0. The highest BCUT2D eigenvalue weighted by Crippen LogP contribution is 2.37. The van der Waals surface area contributed by atoms with Crippen LogP contribution in [0.3, 0.4) is 0 Å². The van der Waals surface area contributed by atoms with Crippen LogP contribution in [-0.4, -0.2) is 16.0 Å². The van der Waals surface area contributed by atoms with Crippen LogP contribution in [0.2, 0.25) is 0 Å². The van der Waals surface area contributed by atoms with Gasteiger partial charge in [-0.3, -0.25) is 9.59 Å². The zero-order valence-electron chi connectivity index (χ0n) is 13.6. The molecule has 1 N–H and O–H groups in total. The maximum absolute atomic E-state index is 11.8. The second kappa shape index (κ2) is 7.40. The van der Waals surface area contributed by atoms with Gasteiger partial charge in [0.05, 0.1) is 4.91 Å². The molecule has 3 rings (SSSR count). The first kappa shape index (κ1) is 17.0. The molecule has 1 heterocycles. The summed E-state index contributed by atoms with van der Waals surface area (Å²) in [6.07, 6.45) is 1.67. The second-order valence-corrected chi connectivity index (χ2v) is 6.54. The number of hydrogen-bond acceptors (Lipinski definition) is 5. The predicted octanol–water partition coefficient (Wildman–Crippen LogP) is 4.28. The predicted molar refractivity (Wildman–Crippen MR) is 98.1 cm³/mol. The molecule has 0 aliphatic carbocycles. The number of carbonyl (C=O) groups is 2. The molecule has 1 aliphatic rings. The minimum Gasteiger partial charge on any atom is -0.506 e. The molecule has 0 aromatic heterocycles. The standard InChI is InChI=1S/C20H16O4S/c1-13(21)18-19(22)17(25-20(18)23)11-15-8-5-9-16(10-15)24-12-14-6-3-2-4-7-14/h2-11,22H,12H2,1H3/b17-11-. The van der Waals surface area contributed by atoms with Crippen LogP contribution in [0.25, 0.3) is 6.08 Å². The van der Waals surface area contributed by atoms with Gasteiger partial charge in [-0.05, 0) is 48.0 Å². The van der Waals surface area contributed by atoms with Crippen LogP contribution in [-0.2, 0) is 16.2 Å². The largest absolute Gasteiger partial charge is 0.506 e. The van der Waals surface area contributed by atoms with Gasteiger partial charge in [-0.25, -0.2) is 0 Å². The van der Waals surface area contributed by atoms with Crippen LogP contribution in [0.15, 0.2) is 70.8 Å². The molecule has 0 amide bonds. The summed E-state index contributed by atoms with van der Waals surface area (Å²) < 4.78 is 5.77. The molecule has 2 aromatic rings. The van der Waals surface area contributed by atoms with Crippen molar-refractivity contribution in [3.8, 4) is 5.75 Å². The fourth-order valence-corrected chi connectivity index (χ4v) is 3.35. The average molecular weight is 352 g/mol. The van der Waals surface area contributed by atoms with Gasteiger partial charge in [-0.1, -0.05) is 42.5 Å². The van der Waals surface area contributed by atoms with Crippen molar-refractivity contribution in [2.24, 2.45) is 0 Å². The van der Waals surface area contributed by atoms with Crippen LogP contribution >= 0.6 is 11.8 Å². The number of Topliss-reactive ketones (excluding diaryl/α,β-unsaturated/α-hetero) is 1. The quantitative estimate of drug-likeness (QED) is 0.814. The molecule has 0 unspecified atom stereocenters. The van der Waals surface area contributed by atoms with Crippen LogP contribution in [0.4, 0.5) is 0 Å². The summed E-state index contributed by atoms with van der Waals surface area (Å²) in [6, 6.07) is 17.2. The molecule has 25 heavy (non-hydrogen) atoms. The number of carbonyl (C=O) groups excluding carboxylic acids is 2. The fourth-order valence-electron chi connectivity index (χ4n) is 2.41. The lowest BCUT2D eigenvalue weighted by molar-refractivity contribution is -0.116. The Morgan fingerprint density at radius 3 is 2.60 bits per heavy atom. The molecule has 2 aromatic carbocycles. The summed E-state index contributed by atoms with van der Waals surface area (Å²) in [5, 5.41) is 9.67. The highest BCUT2D eigenvalue weighted by Gasteiger charge is 2.31. The minimum absolute atomic E-state index is 0.146. The molecule has 0 saturated carbocycles. The molecule has 0 saturated heterocycles. The maximum atomic E-state index is 11.8. The smallest absolute Gasteiger partial charge is 0.231 e. The third-order valence-corrected chi connectivity index (χ3v) is 4.55. The van der Waals surface area contributed by atoms with E-state index in [1.165, 1.54) is 6.92 Å². The maximum Gasteiger partial charge on any atom is 0.231 e. The van der Waals surface area contributed by atoms with Crippen molar-refractivity contribution in [3.05, 3.63) is 82.0 Å². The lowest BCUT2D eigenvalue weighted by atomic mass is 10.1. The molecule has 1 aliphatic heterocycles. The lowest BCUT2D eigenvalue weighted by Crippen LogP contribution is -2.03. The Bertz CT molecular complexity index is 882. The van der Waals surface area contributed by atoms with E-state index in [-0.39, 0.29) is 11.3 Å². The van der Waals surface area contributed by atoms with E-state index in [0.29, 0.717) is 17.3 Å². The summed E-state index contributed by atoms with van der Waals surface area (Å²) in [4.78, 5) is 23.6. The Hall–Kier alpha value is -2.79. The van der Waals surface area contributed by atoms with E-state index in [1.807, 2.05) is 54.6 Å². The topological polar surface area (TPSA) is 63.6 Å². The number of benzene rings is 2. The van der Waals surface area contributed by atoms with Crippen LogP contribution in [0.5, 0.6) is 5.75 Å². The first-order valence-electron chi connectivity index (χ1n) is 7.70. The van der Waals surface area contributed by atoms with E-state index in [0.717, 1.165) is 22.9 Å². The summed E-state index contributed by atoms with van der Waals surface area (Å²) in [5.74, 6) is -0.000704. The van der Waals surface area contributed by atoms with Gasteiger partial charge in [0, 0.05) is 0 Å². The van der Waals surface area contributed by atoms with Gasteiger partial charge in [0.1, 0.15) is 23.7 Å². The van der Waals surface area contributed by atoms with Crippen LogP contribution in [0.1, 0.15) is 18.1 Å². The Labute approximate surface area is 149 Å². The summed E-state index contributed by atoms with van der Waals surface area (Å²) in [5.41, 5.74) is 1.69. The molecule has 0 bridgehead atoms. The number of thioether (sulfide) groups is 1. The van der Waals surface area contributed by atoms with Crippen molar-refractivity contribution in [2.45, 2.75) is 13.5 Å². The zero-order chi connectivity index (χ0) is 17.8. The highest BCUT2D eigenvalue weighted by atomic mass is 32.2. The van der Waals surface area contributed by atoms with Gasteiger partial charge >= 0.3 is 0 Å². The minimum atomic E-state index is -0.432. The monoisotopic (exact) mass is 352 g/mol. The number of ketones is 1. The SMILES string of the molecule is CC(=O)C1=C(O)/C(=C/c2cccc(OCc3ccccc3)c2)SC1=O. The fraction of sp³-hybridized carbons (Fsp3) is 0.100. The van der Waals surface area contributed by atoms with E-state index < -0.39 is 10.9 Å². The lowest BCUT2D eigenvalue weighted by Gasteiger charge is -2.07. The first-order valence-corrected chi connectivity index (χ1v) is 8.51. The second-order valence-electron chi connectivity index (χ2n) is 5.52. The summed E-state index contributed by atoms with van der Waals surface area (Å²) in [6.45, 7) is 1.72. The molecular formula is C20H16O4S. The van der Waals surface area contributed by atoms with E-state index in [9.17, 15) is 14.7 Å². The van der Waals surface area contributed by atoms with Crippen molar-refractivity contribution in [1.82, 2.24) is 0 Å². The molecule has 0 radical (unpaired) electrons. The van der Waals surface area contributed by atoms with E-state index >= 15 is 0 Å². The van der Waals surface area contributed by atoms with Crippen molar-refractivity contribution < 1.29 is 19.4 Å². The summed E-state index contributed by atoms with van der Waals surface area (Å²) in [7, 11) is 0. The highest BCUT2D eigenvalue weighted by molar-refractivity contribution is 8.18. The Kier molecular flexibility index (Phi) is 5.05. The molecular weight excluding hydrogens is 336 g/mol. The number of ether oxygens (including phenoxy) is 1. The Balaban J connectivity index is 1.78. The third-order valence-electron chi connectivity index (χ3n) is 3.63. The van der Waals surface area contributed by atoms with Crippen molar-refractivity contribution in [1.29, 1.82) is 0 Å². The molecule has 0 atom stereocenters. The van der Waals surface area contributed by atoms with Crippen molar-refractivity contribution >= 4 is 28.7 Å².